The quantitative estimate of drug-likeness (QED) is 0.258. The molecule has 4 aliphatic rings. The zero-order chi connectivity index (χ0) is 35.6. The van der Waals surface area contributed by atoms with Crippen LogP contribution in [0.2, 0.25) is 0 Å². The van der Waals surface area contributed by atoms with E-state index in [0.29, 0.717) is 0 Å². The fourth-order valence-electron chi connectivity index (χ4n) is 6.63. The molecular formula is C22H22N4O18S4. The SMILES string of the molecule is CC12N3Cc4c(OS(=O)(=O)O)ccc(OS(=O)(=O)O)c4CN1C(=O)N1Cc4c(OS(=O)(=O)O)ccc(OS(=O)(=O)O)c4CN(C3=O)C12C. The molecule has 0 unspecified atom stereocenters. The van der Waals surface area contributed by atoms with Gasteiger partial charge in [0.05, 0.1) is 26.2 Å². The number of hydrogen-bond acceptors (Lipinski definition) is 14. The minimum absolute atomic E-state index is 0.266. The van der Waals surface area contributed by atoms with Gasteiger partial charge in [-0.1, -0.05) is 0 Å². The van der Waals surface area contributed by atoms with Crippen molar-refractivity contribution in [3.05, 3.63) is 46.5 Å². The summed E-state index contributed by atoms with van der Waals surface area (Å²) in [5, 5.41) is 0. The Hall–Kier alpha value is -4.18. The van der Waals surface area contributed by atoms with E-state index in [4.69, 9.17) is 0 Å². The van der Waals surface area contributed by atoms with Crippen LogP contribution in [0.1, 0.15) is 36.1 Å². The number of hydrogen-bond donors (Lipinski definition) is 4. The third kappa shape index (κ3) is 5.29. The molecule has 0 aromatic heterocycles. The third-order valence-electron chi connectivity index (χ3n) is 8.66. The minimum atomic E-state index is -5.21. The van der Waals surface area contributed by atoms with Crippen LogP contribution in [0.5, 0.6) is 23.0 Å². The number of carbonyl (C=O) groups excluding carboxylic acids is 2. The monoisotopic (exact) mass is 758 g/mol. The second-order valence-electron chi connectivity index (χ2n) is 11.0. The van der Waals surface area contributed by atoms with Gasteiger partial charge in [-0.25, -0.2) is 9.59 Å². The molecule has 4 amide bonds. The lowest BCUT2D eigenvalue weighted by atomic mass is 9.95. The average Bonchev–Trinajstić information content (AvgIpc) is 3.05. The first-order valence-corrected chi connectivity index (χ1v) is 18.5. The second kappa shape index (κ2) is 10.2. The lowest BCUT2D eigenvalue weighted by Gasteiger charge is -2.44. The fourth-order valence-corrected chi connectivity index (χ4v) is 8.16. The molecule has 4 N–H and O–H groups in total. The van der Waals surface area contributed by atoms with E-state index in [1.54, 1.807) is 0 Å². The molecule has 4 aliphatic heterocycles. The molecule has 262 valence electrons. The van der Waals surface area contributed by atoms with E-state index in [2.05, 4.69) is 16.7 Å². The highest BCUT2D eigenvalue weighted by molar-refractivity contribution is 7.82. The Morgan fingerprint density at radius 3 is 0.833 bits per heavy atom. The maximum atomic E-state index is 14.3. The van der Waals surface area contributed by atoms with Crippen LogP contribution in [0.25, 0.3) is 0 Å². The minimum Gasteiger partial charge on any atom is -0.361 e. The molecule has 2 saturated heterocycles. The smallest absolute Gasteiger partial charge is 0.361 e. The summed E-state index contributed by atoms with van der Waals surface area (Å²) in [6.45, 7) is 0.263. The van der Waals surface area contributed by atoms with E-state index in [9.17, 15) is 61.5 Å². The predicted octanol–water partition coefficient (Wildman–Crippen LogP) is 0.0480. The van der Waals surface area contributed by atoms with Gasteiger partial charge in [0.1, 0.15) is 0 Å². The summed E-state index contributed by atoms with van der Waals surface area (Å²) in [5.41, 5.74) is -4.62. The Morgan fingerprint density at radius 2 is 0.667 bits per heavy atom. The van der Waals surface area contributed by atoms with E-state index in [-0.39, 0.29) is 22.3 Å². The van der Waals surface area contributed by atoms with Gasteiger partial charge in [0.25, 0.3) is 0 Å². The van der Waals surface area contributed by atoms with Crippen LogP contribution in [-0.4, -0.2) is 94.9 Å². The topological polar surface area (TPSA) is 302 Å². The van der Waals surface area contributed by atoms with Crippen LogP contribution in [-0.2, 0) is 67.8 Å². The highest BCUT2D eigenvalue weighted by Gasteiger charge is 2.75. The van der Waals surface area contributed by atoms with Crippen molar-refractivity contribution < 1.29 is 78.2 Å². The van der Waals surface area contributed by atoms with Gasteiger partial charge in [-0.2, -0.15) is 33.7 Å². The van der Waals surface area contributed by atoms with Gasteiger partial charge < -0.3 is 16.7 Å². The molecule has 2 fully saturated rings. The molecule has 2 aromatic rings. The molecule has 22 nitrogen and oxygen atoms in total. The van der Waals surface area contributed by atoms with Crippen molar-refractivity contribution in [2.24, 2.45) is 0 Å². The van der Waals surface area contributed by atoms with Gasteiger partial charge in [0, 0.05) is 22.3 Å². The maximum absolute atomic E-state index is 14.3. The Balaban J connectivity index is 1.58. The summed E-state index contributed by atoms with van der Waals surface area (Å²) >= 11 is 0. The molecule has 0 atom stereocenters. The van der Waals surface area contributed by atoms with E-state index in [0.717, 1.165) is 43.9 Å². The number of benzene rings is 2. The largest absolute Gasteiger partial charge is 0.446 e. The summed E-state index contributed by atoms with van der Waals surface area (Å²) in [5.74, 6) is -2.42. The fraction of sp³-hybridized carbons (Fsp3) is 0.364. The lowest BCUT2D eigenvalue weighted by molar-refractivity contribution is -0.0428. The molecule has 2 aromatic carbocycles. The molecule has 6 rings (SSSR count). The van der Waals surface area contributed by atoms with Gasteiger partial charge in [-0.15, -0.1) is 0 Å². The Labute approximate surface area is 271 Å². The maximum Gasteiger partial charge on any atom is 0.446 e. The van der Waals surface area contributed by atoms with E-state index in [1.807, 2.05) is 0 Å². The second-order valence-corrected chi connectivity index (χ2v) is 15.1. The van der Waals surface area contributed by atoms with Crippen LogP contribution in [0.3, 0.4) is 0 Å². The van der Waals surface area contributed by atoms with Crippen LogP contribution in [0, 0.1) is 0 Å². The van der Waals surface area contributed by atoms with Crippen LogP contribution >= 0.6 is 0 Å². The third-order valence-corrected chi connectivity index (χ3v) is 10.2. The van der Waals surface area contributed by atoms with Gasteiger partial charge >= 0.3 is 53.7 Å². The van der Waals surface area contributed by atoms with Crippen LogP contribution in [0.15, 0.2) is 24.3 Å². The number of rotatable bonds is 8. The zero-order valence-electron chi connectivity index (χ0n) is 24.1. The summed E-state index contributed by atoms with van der Waals surface area (Å²) < 4.78 is 150. The number of fused-ring (bicyclic) bond motifs is 2. The summed E-state index contributed by atoms with van der Waals surface area (Å²) in [6.07, 6.45) is 0. The van der Waals surface area contributed by atoms with Crippen molar-refractivity contribution >= 4 is 53.7 Å². The Kier molecular flexibility index (Phi) is 7.14. The van der Waals surface area contributed by atoms with Gasteiger partial charge in [0.15, 0.2) is 34.3 Å². The first kappa shape index (κ1) is 33.7. The molecule has 4 heterocycles. The lowest BCUT2D eigenvalue weighted by Crippen LogP contribution is -2.63. The molecule has 0 spiro atoms. The number of nitrogens with zero attached hydrogens (tertiary/aromatic N) is 4. The molecular weight excluding hydrogens is 737 g/mol. The highest BCUT2D eigenvalue weighted by atomic mass is 32.3. The molecule has 0 aliphatic carbocycles. The summed E-state index contributed by atoms with van der Waals surface area (Å²) in [6, 6.07) is 1.64. The van der Waals surface area contributed by atoms with E-state index < -0.39 is 114 Å². The highest BCUT2D eigenvalue weighted by Crippen LogP contribution is 2.58. The Bertz CT molecular complexity index is 1950. The molecule has 0 bridgehead atoms. The molecule has 0 saturated carbocycles. The Morgan fingerprint density at radius 1 is 0.479 bits per heavy atom. The molecule has 26 heteroatoms. The number of carbonyl (C=O) groups is 2. The van der Waals surface area contributed by atoms with Crippen molar-refractivity contribution in [3.63, 3.8) is 0 Å². The van der Waals surface area contributed by atoms with Crippen LogP contribution < -0.4 is 16.7 Å². The normalized spacial score (nSPS) is 23.6. The van der Waals surface area contributed by atoms with Crippen molar-refractivity contribution in [2.45, 2.75) is 51.4 Å². The average molecular weight is 759 g/mol. The predicted molar refractivity (Wildman–Crippen MR) is 151 cm³/mol. The van der Waals surface area contributed by atoms with Gasteiger partial charge in [-0.3, -0.25) is 37.8 Å². The van der Waals surface area contributed by atoms with Crippen molar-refractivity contribution in [1.29, 1.82) is 0 Å². The molecule has 48 heavy (non-hydrogen) atoms. The van der Waals surface area contributed by atoms with E-state index in [1.165, 1.54) is 13.8 Å². The van der Waals surface area contributed by atoms with Crippen molar-refractivity contribution in [3.8, 4) is 23.0 Å². The standard InChI is InChI=1S/C22H22N4O18S4/c1-21-22(2)25-9-13-14(18(44-48(38,39)40)6-5-17(13)43-47(35,36)37)10-26(22)20(28)24(21)8-12-11(7-23(21)19(25)27)15(41-45(29,30)31)3-4-16(12)42-46(32,33)34/h3-6H,7-10H2,1-2H3,(H,29,30,31)(H,32,33,34)(H,35,36,37)(H,38,39,40). The first-order chi connectivity index (χ1) is 21.8. The van der Waals surface area contributed by atoms with Gasteiger partial charge in [-0.05, 0) is 38.1 Å². The number of urea groups is 2. The van der Waals surface area contributed by atoms with Crippen molar-refractivity contribution in [1.82, 2.24) is 19.6 Å². The van der Waals surface area contributed by atoms with Crippen molar-refractivity contribution in [2.75, 3.05) is 0 Å². The first-order valence-electron chi connectivity index (χ1n) is 13.0. The molecule has 0 radical (unpaired) electrons. The van der Waals surface area contributed by atoms with Crippen LogP contribution in [0.4, 0.5) is 9.59 Å². The van der Waals surface area contributed by atoms with E-state index >= 15 is 0 Å². The van der Waals surface area contributed by atoms with Gasteiger partial charge in [0.2, 0.25) is 0 Å². The summed E-state index contributed by atoms with van der Waals surface area (Å²) in [4.78, 5) is 32.9. The number of amides is 4. The zero-order valence-corrected chi connectivity index (χ0v) is 27.3. The summed E-state index contributed by atoms with van der Waals surface area (Å²) in [7, 11) is -20.8.